The van der Waals surface area contributed by atoms with Gasteiger partial charge in [0, 0.05) is 0 Å². The van der Waals surface area contributed by atoms with Crippen LogP contribution in [0, 0.1) is 0 Å². The minimum absolute atomic E-state index is 0.595. The Bertz CT molecular complexity index is 2340. The lowest BCUT2D eigenvalue weighted by Crippen LogP contribution is -2.83. The van der Waals surface area contributed by atoms with Crippen LogP contribution in [0.4, 0.5) is 0 Å². The number of nitrogens with zero attached hydrogens (tertiary/aromatic N) is 15. The molecule has 0 aliphatic heterocycles. The molecule has 0 amide bonds. The first-order valence-corrected chi connectivity index (χ1v) is 94.1. The van der Waals surface area contributed by atoms with E-state index in [1.54, 1.807) is 0 Å². The zero-order valence-corrected chi connectivity index (χ0v) is 116. The molecule has 2 atom stereocenters. The molecule has 0 aliphatic rings. The maximum atomic E-state index is 3.35. The molecular weight excluding hydrogens is 1810 g/mol. The van der Waals surface area contributed by atoms with Crippen molar-refractivity contribution in [3.8, 4) is 0 Å². The second kappa shape index (κ2) is 65.0. The Balaban J connectivity index is -0.000000498. The summed E-state index contributed by atoms with van der Waals surface area (Å²) in [6.45, 7) is 160. The molecule has 0 aliphatic carbocycles. The van der Waals surface area contributed by atoms with Crippen LogP contribution in [0.3, 0.4) is 0 Å². The van der Waals surface area contributed by atoms with Gasteiger partial charge in [0.2, 0.25) is 0 Å². The summed E-state index contributed by atoms with van der Waals surface area (Å²) in [4.78, 5) is 0. The van der Waals surface area contributed by atoms with Gasteiger partial charge in [-0.1, -0.05) is 277 Å². The molecule has 0 saturated heterocycles. The van der Waals surface area contributed by atoms with Crippen LogP contribution in [-0.2, 0) is 0 Å². The smallest absolute Gasteiger partial charge is 0.188 e. The summed E-state index contributed by atoms with van der Waals surface area (Å²) in [6.07, 6.45) is 10.2. The van der Waals surface area contributed by atoms with Crippen LogP contribution in [0.5, 0.6) is 0 Å². The van der Waals surface area contributed by atoms with E-state index in [1.807, 2.05) is 0 Å². The zero-order valence-electron chi connectivity index (χ0n) is 100. The minimum Gasteiger partial charge on any atom is -0.356 e. The van der Waals surface area contributed by atoms with Crippen molar-refractivity contribution in [3.05, 3.63) is 0 Å². The van der Waals surface area contributed by atoms with Crippen molar-refractivity contribution in [2.24, 2.45) is 0 Å². The first kappa shape index (κ1) is 139. The maximum absolute atomic E-state index is 3.35. The van der Waals surface area contributed by atoms with Gasteiger partial charge in [0.15, 0.2) is 85.4 Å². The summed E-state index contributed by atoms with van der Waals surface area (Å²) in [5.41, 5.74) is 0. The Morgan fingerprint density at radius 3 is 0.391 bits per heavy atom. The van der Waals surface area contributed by atoms with Gasteiger partial charge in [0.1, 0.15) is 32.9 Å². The van der Waals surface area contributed by atoms with Crippen LogP contribution in [0.1, 0.15) is 328 Å². The number of hydrogen-bond acceptors (Lipinski definition) is 15. The lowest BCUT2D eigenvalue weighted by Gasteiger charge is -2.64. The molecule has 0 spiro atoms. The molecule has 778 valence electrons. The van der Waals surface area contributed by atoms with Gasteiger partial charge in [0.05, 0.1) is 10.4 Å². The van der Waals surface area contributed by atoms with E-state index >= 15 is 0 Å². The quantitative estimate of drug-likeness (QED) is 0.0543. The lowest BCUT2D eigenvalue weighted by molar-refractivity contribution is 0.260. The summed E-state index contributed by atoms with van der Waals surface area (Å²) in [5.74, 6) is 0. The topological polar surface area (TPSA) is 48.6 Å². The van der Waals surface area contributed by atoms with Crippen molar-refractivity contribution in [1.82, 2.24) is 65.1 Å². The standard InChI is InChI=1S/4C22H55N3Si3.C10H31N3Si3/c2*1-16-28(17-2,18-3)25(26(12,13)23(19(4)5)20(6)7)27(14,15)24(21(8)9)22(10)11;2*1-12-19-23(20-13-2)26(8,9)25(28(16-5,17-6)18-7)27(10,11)24(21-14-3)22-15-4;1-7-11(8-2)15(5)13(14)16(6)12(9-3)10-4/h2*19-22H,16-18H2,1-15H3;2*12-22H2,1-11H3;15-16H,7-10H2,1-6,14H3. The molecule has 0 N–H and O–H groups in total. The molecule has 0 aromatic rings. The summed E-state index contributed by atoms with van der Waals surface area (Å²) in [7, 11) is -20.6. The van der Waals surface area contributed by atoms with E-state index in [4.69, 9.17) is 0 Å². The summed E-state index contributed by atoms with van der Waals surface area (Å²) < 4.78 is 45.1. The highest BCUT2D eigenvalue weighted by molar-refractivity contribution is 7.06. The van der Waals surface area contributed by atoms with E-state index in [0.717, 1.165) is 0 Å². The van der Waals surface area contributed by atoms with Crippen LogP contribution >= 0.6 is 0 Å². The molecule has 0 aromatic carbocycles. The Morgan fingerprint density at radius 2 is 0.305 bits per heavy atom. The monoisotopic (exact) mass is 2060 g/mol. The number of hydrogen-bond donors (Lipinski definition) is 0. The largest absolute Gasteiger partial charge is 0.356 e. The van der Waals surface area contributed by atoms with Crippen molar-refractivity contribution in [2.45, 2.75) is 567 Å². The van der Waals surface area contributed by atoms with E-state index in [2.05, 4.69) is 460 Å². The van der Waals surface area contributed by atoms with Crippen LogP contribution in [-0.4, -0.2) is 321 Å². The van der Waals surface area contributed by atoms with E-state index in [9.17, 15) is 0 Å². The molecule has 30 heteroatoms. The third-order valence-corrected chi connectivity index (χ3v) is 128. The van der Waals surface area contributed by atoms with E-state index in [0.29, 0.717) is 48.3 Å². The highest BCUT2D eigenvalue weighted by Crippen LogP contribution is 2.45. The summed E-state index contributed by atoms with van der Waals surface area (Å²) >= 11 is 0. The SMILES string of the molecule is CCCN(CCC)[Si](C)(C)N([Si](CC)(CC)CC)[Si](C)(C)N(CCC)CCC.CCCN(CCC)[Si](C)(C)N([Si](CC)(CC)CC)[Si](C)(C)N(CCC)CCC.CCN(CC)[SiH](C)N([SiH3])[SiH](C)N(CC)CC.CC[Si](CC)(CC)N([Si](C)(C)N(C(C)C)C(C)C)[Si](C)(C)N(C(C)C)C(C)C.CC[Si](CC)(CC)N([Si](C)(C)N(C(C)C)C(C)C)[Si](C)(C)N(C(C)C)C(C)C. The van der Waals surface area contributed by atoms with Gasteiger partial charge in [-0.25, -0.2) is 0 Å². The molecule has 0 heterocycles. The first-order valence-electron chi connectivity index (χ1n) is 55.4. The number of rotatable bonds is 64. The van der Waals surface area contributed by atoms with Crippen molar-refractivity contribution in [3.63, 3.8) is 0 Å². The average molecular weight is 2060 g/mol. The van der Waals surface area contributed by atoms with Gasteiger partial charge in [-0.15, -0.1) is 0 Å². The molecular formula is C98H251N15Si15. The third-order valence-electron chi connectivity index (χ3n) is 32.1. The summed E-state index contributed by atoms with van der Waals surface area (Å²) in [6, 6.07) is 21.5. The van der Waals surface area contributed by atoms with Gasteiger partial charge in [0.25, 0.3) is 0 Å². The molecule has 2 unspecified atom stereocenters. The molecule has 15 nitrogen and oxygen atoms in total. The fraction of sp³-hybridized carbons (Fsp3) is 1.00. The predicted octanol–water partition coefficient (Wildman–Crippen LogP) is 27.7. The van der Waals surface area contributed by atoms with Gasteiger partial charge < -0.3 is 65.1 Å². The fourth-order valence-corrected chi connectivity index (χ4v) is 141. The second-order valence-corrected chi connectivity index (χ2v) is 112. The Morgan fingerprint density at radius 1 is 0.195 bits per heavy atom. The fourth-order valence-electron chi connectivity index (χ4n) is 27.8. The van der Waals surface area contributed by atoms with Crippen LogP contribution in [0.15, 0.2) is 0 Å². The Labute approximate surface area is 832 Å². The maximum Gasteiger partial charge on any atom is 0.188 e. The van der Waals surface area contributed by atoms with Gasteiger partial charge in [-0.2, -0.15) is 0 Å². The molecule has 0 bridgehead atoms. The Kier molecular flexibility index (Phi) is 70.7. The van der Waals surface area contributed by atoms with Crippen molar-refractivity contribution < 1.29 is 0 Å². The second-order valence-electron chi connectivity index (χ2n) is 45.1. The lowest BCUT2D eigenvalue weighted by atomic mass is 10.3. The molecule has 128 heavy (non-hydrogen) atoms. The molecule has 0 fully saturated rings. The molecule has 0 rings (SSSR count). The van der Waals surface area contributed by atoms with E-state index in [1.165, 1.54) is 213 Å². The normalized spacial score (nSPS) is 14.6. The van der Waals surface area contributed by atoms with Crippen LogP contribution < -0.4 is 0 Å². The van der Waals surface area contributed by atoms with Crippen LogP contribution in [0.2, 0.25) is 190 Å². The highest BCUT2D eigenvalue weighted by Gasteiger charge is 2.61. The van der Waals surface area contributed by atoms with Crippen molar-refractivity contribution in [2.75, 3.05) is 78.5 Å². The highest BCUT2D eigenvalue weighted by atomic mass is 28.5. The van der Waals surface area contributed by atoms with E-state index < -0.39 is 118 Å². The van der Waals surface area contributed by atoms with Gasteiger partial charge in [-0.05, 0) is 369 Å². The van der Waals surface area contributed by atoms with Crippen LogP contribution in [0.25, 0.3) is 0 Å². The first-order chi connectivity index (χ1) is 58.9. The van der Waals surface area contributed by atoms with Gasteiger partial charge in [-0.3, -0.25) is 0 Å². The van der Waals surface area contributed by atoms with Gasteiger partial charge >= 0.3 is 0 Å². The third kappa shape index (κ3) is 36.8. The molecule has 0 aromatic heterocycles. The minimum atomic E-state index is -1.83. The van der Waals surface area contributed by atoms with Crippen molar-refractivity contribution in [1.29, 1.82) is 0 Å². The predicted molar refractivity (Wildman–Crippen MR) is 637 cm³/mol. The average Bonchev–Trinajstić information content (AvgIpc) is 0.723. The summed E-state index contributed by atoms with van der Waals surface area (Å²) in [5, 5.41) is 0. The molecule has 0 saturated carbocycles. The zero-order chi connectivity index (χ0) is 102. The van der Waals surface area contributed by atoms with E-state index in [-0.39, 0.29) is 0 Å². The Hall–Kier alpha value is 2.65. The van der Waals surface area contributed by atoms with Crippen molar-refractivity contribution >= 4 is 129 Å². The molecule has 0 radical (unpaired) electrons.